The monoisotopic (exact) mass is 356 g/mol. The van der Waals surface area contributed by atoms with Crippen molar-refractivity contribution in [3.8, 4) is 33.9 Å². The molecule has 4 rings (SSSR count). The molecule has 2 heterocycles. The van der Waals surface area contributed by atoms with Gasteiger partial charge in [-0.1, -0.05) is 46.7 Å². The molecule has 0 aliphatic heterocycles. The van der Waals surface area contributed by atoms with E-state index in [-0.39, 0.29) is 17.4 Å². The van der Waals surface area contributed by atoms with Gasteiger partial charge in [0.2, 0.25) is 0 Å². The quantitative estimate of drug-likeness (QED) is 0.531. The van der Waals surface area contributed by atoms with Gasteiger partial charge in [-0.2, -0.15) is 0 Å². The molecule has 27 heavy (non-hydrogen) atoms. The molecule has 1 N–H and O–H groups in total. The predicted octanol–water partition coefficient (Wildman–Crippen LogP) is 4.53. The second-order valence-electron chi connectivity index (χ2n) is 5.99. The van der Waals surface area contributed by atoms with Gasteiger partial charge in [0.05, 0.1) is 0 Å². The molecule has 0 aliphatic carbocycles. The second kappa shape index (κ2) is 7.21. The zero-order valence-electron chi connectivity index (χ0n) is 14.6. The number of carbonyl (C=O) groups excluding carboxylic acids is 1. The lowest BCUT2D eigenvalue weighted by molar-refractivity contribution is 0.101. The Bertz CT molecular complexity index is 1060. The van der Waals surface area contributed by atoms with Crippen molar-refractivity contribution in [1.29, 1.82) is 0 Å². The molecule has 2 aromatic carbocycles. The molecule has 0 spiro atoms. The number of ether oxygens (including phenoxy) is 1. The lowest BCUT2D eigenvalue weighted by Gasteiger charge is -2.07. The average molecular weight is 356 g/mol. The molecule has 0 unspecified atom stereocenters. The molecule has 2 aromatic heterocycles. The summed E-state index contributed by atoms with van der Waals surface area (Å²) in [6.45, 7) is 1.43. The molecule has 132 valence electrons. The minimum absolute atomic E-state index is 0.178. The molecule has 6 heteroatoms. The molecule has 0 saturated heterocycles. The van der Waals surface area contributed by atoms with Crippen LogP contribution in [0.5, 0.6) is 11.6 Å². The number of carbonyl (C=O) groups is 1. The van der Waals surface area contributed by atoms with Crippen LogP contribution >= 0.6 is 0 Å². The lowest BCUT2D eigenvalue weighted by atomic mass is 10.0. The molecular weight excluding hydrogens is 340 g/mol. The number of pyridine rings is 1. The Labute approximate surface area is 155 Å². The molecule has 0 radical (unpaired) electrons. The van der Waals surface area contributed by atoms with Crippen molar-refractivity contribution in [1.82, 2.24) is 20.4 Å². The van der Waals surface area contributed by atoms with Crippen LogP contribution in [0.3, 0.4) is 0 Å². The Morgan fingerprint density at radius 3 is 1.89 bits per heavy atom. The van der Waals surface area contributed by atoms with Crippen LogP contribution in [0.25, 0.3) is 22.3 Å². The number of hydrogen-bond acceptors (Lipinski definition) is 5. The van der Waals surface area contributed by atoms with Gasteiger partial charge in [-0.15, -0.1) is 0 Å². The van der Waals surface area contributed by atoms with Crippen LogP contribution in [0, 0.1) is 0 Å². The Kier molecular flexibility index (Phi) is 4.45. The minimum atomic E-state index is -0.180. The number of Topliss-reactive ketones (excluding diaryl/α,β-unsaturated/α-hetero) is 1. The Morgan fingerprint density at radius 1 is 0.815 bits per heavy atom. The average Bonchev–Trinajstić information content (AvgIpc) is 3.18. The van der Waals surface area contributed by atoms with Gasteiger partial charge in [-0.05, 0) is 46.5 Å². The third-order valence-corrected chi connectivity index (χ3v) is 4.17. The SMILES string of the molecule is CC(=O)c1[nH]nnc1Oc1ccc(-c2ccc(-c3ccncc3)cc2)cc1. The third kappa shape index (κ3) is 3.59. The fourth-order valence-electron chi connectivity index (χ4n) is 2.75. The molecular formula is C21H16N4O2. The first-order chi connectivity index (χ1) is 13.2. The van der Waals surface area contributed by atoms with Crippen LogP contribution < -0.4 is 4.74 Å². The van der Waals surface area contributed by atoms with Crippen molar-refractivity contribution in [2.75, 3.05) is 0 Å². The fraction of sp³-hybridized carbons (Fsp3) is 0.0476. The van der Waals surface area contributed by atoms with E-state index in [1.54, 1.807) is 12.4 Å². The van der Waals surface area contributed by atoms with Gasteiger partial charge in [-0.3, -0.25) is 14.9 Å². The number of ketones is 1. The summed E-state index contributed by atoms with van der Waals surface area (Å²) in [5.74, 6) is 0.585. The van der Waals surface area contributed by atoms with Crippen molar-refractivity contribution in [3.63, 3.8) is 0 Å². The molecule has 4 aromatic rings. The van der Waals surface area contributed by atoms with E-state index < -0.39 is 0 Å². The van der Waals surface area contributed by atoms with Crippen molar-refractivity contribution >= 4 is 5.78 Å². The number of benzene rings is 2. The highest BCUT2D eigenvalue weighted by Gasteiger charge is 2.13. The zero-order valence-corrected chi connectivity index (χ0v) is 14.6. The van der Waals surface area contributed by atoms with Gasteiger partial charge in [-0.25, -0.2) is 0 Å². The van der Waals surface area contributed by atoms with Crippen molar-refractivity contribution in [2.24, 2.45) is 0 Å². The van der Waals surface area contributed by atoms with Gasteiger partial charge < -0.3 is 4.74 Å². The van der Waals surface area contributed by atoms with Gasteiger partial charge in [0.25, 0.3) is 5.88 Å². The summed E-state index contributed by atoms with van der Waals surface area (Å²) in [5, 5.41) is 9.95. The van der Waals surface area contributed by atoms with E-state index in [2.05, 4.69) is 44.7 Å². The molecule has 6 nitrogen and oxygen atoms in total. The van der Waals surface area contributed by atoms with Crippen LogP contribution in [0.4, 0.5) is 0 Å². The minimum Gasteiger partial charge on any atom is -0.436 e. The maximum absolute atomic E-state index is 11.5. The molecule has 0 bridgehead atoms. The molecule has 0 fully saturated rings. The highest BCUT2D eigenvalue weighted by Crippen LogP contribution is 2.28. The summed E-state index contributed by atoms with van der Waals surface area (Å²) in [5.41, 5.74) is 4.70. The normalized spacial score (nSPS) is 10.6. The summed E-state index contributed by atoms with van der Waals surface area (Å²) < 4.78 is 5.65. The second-order valence-corrected chi connectivity index (χ2v) is 5.99. The maximum Gasteiger partial charge on any atom is 0.269 e. The Balaban J connectivity index is 1.52. The Hall–Kier alpha value is -3.80. The van der Waals surface area contributed by atoms with Crippen molar-refractivity contribution < 1.29 is 9.53 Å². The maximum atomic E-state index is 11.5. The van der Waals surface area contributed by atoms with Gasteiger partial charge in [0, 0.05) is 19.3 Å². The molecule has 0 amide bonds. The highest BCUT2D eigenvalue weighted by atomic mass is 16.5. The van der Waals surface area contributed by atoms with Crippen molar-refractivity contribution in [2.45, 2.75) is 6.92 Å². The highest BCUT2D eigenvalue weighted by molar-refractivity contribution is 5.94. The first-order valence-corrected chi connectivity index (χ1v) is 8.41. The summed E-state index contributed by atoms with van der Waals surface area (Å²) >= 11 is 0. The van der Waals surface area contributed by atoms with Crippen molar-refractivity contribution in [3.05, 3.63) is 78.8 Å². The largest absolute Gasteiger partial charge is 0.436 e. The van der Waals surface area contributed by atoms with E-state index in [1.165, 1.54) is 6.92 Å². The third-order valence-electron chi connectivity index (χ3n) is 4.17. The van der Waals surface area contributed by atoms with Crippen LogP contribution in [0.1, 0.15) is 17.4 Å². The smallest absolute Gasteiger partial charge is 0.269 e. The zero-order chi connectivity index (χ0) is 18.6. The summed E-state index contributed by atoms with van der Waals surface area (Å²) in [7, 11) is 0. The number of nitrogens with one attached hydrogen (secondary N) is 1. The summed E-state index contributed by atoms with van der Waals surface area (Å²) in [4.78, 5) is 15.5. The van der Waals surface area contributed by atoms with Gasteiger partial charge in [0.15, 0.2) is 11.5 Å². The van der Waals surface area contributed by atoms with Crippen LogP contribution in [0.2, 0.25) is 0 Å². The summed E-state index contributed by atoms with van der Waals surface area (Å²) in [6, 6.07) is 19.9. The number of rotatable bonds is 5. The van der Waals surface area contributed by atoms with E-state index in [0.29, 0.717) is 5.75 Å². The molecule has 0 atom stereocenters. The molecule has 0 saturated carbocycles. The number of aromatic nitrogens is 4. The van der Waals surface area contributed by atoms with E-state index in [0.717, 1.165) is 22.3 Å². The van der Waals surface area contributed by atoms with Crippen LogP contribution in [0.15, 0.2) is 73.1 Å². The fourth-order valence-corrected chi connectivity index (χ4v) is 2.75. The first-order valence-electron chi connectivity index (χ1n) is 8.41. The summed E-state index contributed by atoms with van der Waals surface area (Å²) in [6.07, 6.45) is 3.57. The predicted molar refractivity (Wildman–Crippen MR) is 102 cm³/mol. The standard InChI is InChI=1S/C21H16N4O2/c1-14(26)20-21(24-25-23-20)27-19-8-6-17(7-9-19)15-2-4-16(5-3-15)18-10-12-22-13-11-18/h2-13H,1H3,(H,23,24,25). The topological polar surface area (TPSA) is 80.8 Å². The van der Waals surface area contributed by atoms with Gasteiger partial charge in [0.1, 0.15) is 5.75 Å². The number of hydrogen-bond donors (Lipinski definition) is 1. The number of aromatic amines is 1. The van der Waals surface area contributed by atoms with Gasteiger partial charge >= 0.3 is 0 Å². The number of H-pyrrole nitrogens is 1. The van der Waals surface area contributed by atoms with E-state index in [4.69, 9.17) is 4.74 Å². The number of nitrogens with zero attached hydrogens (tertiary/aromatic N) is 3. The van der Waals surface area contributed by atoms with E-state index >= 15 is 0 Å². The first kappa shape index (κ1) is 16.7. The van der Waals surface area contributed by atoms with E-state index in [1.807, 2.05) is 36.4 Å². The van der Waals surface area contributed by atoms with Crippen LogP contribution in [-0.2, 0) is 0 Å². The Morgan fingerprint density at radius 2 is 1.33 bits per heavy atom. The lowest BCUT2D eigenvalue weighted by Crippen LogP contribution is -1.96. The van der Waals surface area contributed by atoms with E-state index in [9.17, 15) is 4.79 Å². The molecule has 0 aliphatic rings. The van der Waals surface area contributed by atoms with Crippen LogP contribution in [-0.4, -0.2) is 26.2 Å².